The Hall–Kier alpha value is -0.120. The first-order valence-corrected chi connectivity index (χ1v) is 7.14. The van der Waals surface area contributed by atoms with Crippen LogP contribution in [0.4, 0.5) is 0 Å². The number of nitrogens with one attached hydrogen (secondary N) is 1. The molecule has 3 nitrogen and oxygen atoms in total. The molecule has 2 N–H and O–H groups in total. The fraction of sp³-hybridized carbons (Fsp3) is 1.00. The largest absolute Gasteiger partial charge is 0.389 e. The summed E-state index contributed by atoms with van der Waals surface area (Å²) < 4.78 is 5.71. The van der Waals surface area contributed by atoms with Crippen LogP contribution in [-0.2, 0) is 4.74 Å². The molecule has 1 fully saturated rings. The number of aliphatic hydroxyl groups excluding tert-OH is 1. The molecule has 0 aromatic heterocycles. The Balaban J connectivity index is 2.13. The van der Waals surface area contributed by atoms with Gasteiger partial charge in [0, 0.05) is 12.1 Å². The van der Waals surface area contributed by atoms with E-state index in [9.17, 15) is 5.11 Å². The quantitative estimate of drug-likeness (QED) is 0.688. The second kappa shape index (κ2) is 7.34. The maximum atomic E-state index is 9.88. The Morgan fingerprint density at radius 1 is 1.29 bits per heavy atom. The third-order valence-electron chi connectivity index (χ3n) is 4.15. The minimum Gasteiger partial charge on any atom is -0.389 e. The van der Waals surface area contributed by atoms with Gasteiger partial charge in [0.25, 0.3) is 0 Å². The average molecular weight is 243 g/mol. The first-order chi connectivity index (χ1) is 8.09. The molecule has 1 atom stereocenters. The van der Waals surface area contributed by atoms with E-state index >= 15 is 0 Å². The van der Waals surface area contributed by atoms with Crippen LogP contribution in [0.2, 0.25) is 0 Å². The number of aliphatic hydroxyl groups is 1. The summed E-state index contributed by atoms with van der Waals surface area (Å²) in [5, 5.41) is 13.3. The summed E-state index contributed by atoms with van der Waals surface area (Å²) in [5.41, 5.74) is 0.147. The Labute approximate surface area is 106 Å². The van der Waals surface area contributed by atoms with Crippen molar-refractivity contribution in [3.8, 4) is 0 Å². The van der Waals surface area contributed by atoms with Crippen LogP contribution in [0.15, 0.2) is 0 Å². The normalized spacial score (nSPS) is 19.8. The molecule has 1 saturated carbocycles. The fourth-order valence-corrected chi connectivity index (χ4v) is 2.23. The minimum absolute atomic E-state index is 0.147. The van der Waals surface area contributed by atoms with Crippen molar-refractivity contribution in [2.45, 2.75) is 77.0 Å². The molecule has 0 radical (unpaired) electrons. The van der Waals surface area contributed by atoms with Crippen LogP contribution in [0, 0.1) is 0 Å². The third-order valence-corrected chi connectivity index (χ3v) is 4.15. The van der Waals surface area contributed by atoms with Crippen LogP contribution >= 0.6 is 0 Å². The predicted molar refractivity (Wildman–Crippen MR) is 71.2 cm³/mol. The van der Waals surface area contributed by atoms with Gasteiger partial charge in [-0.05, 0) is 32.6 Å². The molecule has 0 spiro atoms. The van der Waals surface area contributed by atoms with Gasteiger partial charge in [0.2, 0.25) is 0 Å². The van der Waals surface area contributed by atoms with Crippen molar-refractivity contribution in [3.05, 3.63) is 0 Å². The van der Waals surface area contributed by atoms with Gasteiger partial charge in [-0.3, -0.25) is 0 Å². The van der Waals surface area contributed by atoms with Crippen molar-refractivity contribution < 1.29 is 9.84 Å². The lowest BCUT2D eigenvalue weighted by atomic mass is 9.95. The molecular weight excluding hydrogens is 214 g/mol. The fourth-order valence-electron chi connectivity index (χ4n) is 2.23. The average Bonchev–Trinajstić information content (AvgIpc) is 2.86. The van der Waals surface area contributed by atoms with Crippen molar-refractivity contribution in [1.82, 2.24) is 5.32 Å². The summed E-state index contributed by atoms with van der Waals surface area (Å²) in [7, 11) is 0. The molecule has 0 saturated heterocycles. The number of rotatable bonds is 8. The molecule has 1 aliphatic carbocycles. The lowest BCUT2D eigenvalue weighted by Crippen LogP contribution is -2.46. The highest BCUT2D eigenvalue weighted by Crippen LogP contribution is 2.21. The van der Waals surface area contributed by atoms with Crippen LogP contribution < -0.4 is 5.32 Å². The third kappa shape index (κ3) is 5.36. The van der Waals surface area contributed by atoms with E-state index in [4.69, 9.17) is 4.74 Å². The van der Waals surface area contributed by atoms with E-state index in [2.05, 4.69) is 26.1 Å². The zero-order valence-electron chi connectivity index (χ0n) is 11.7. The summed E-state index contributed by atoms with van der Waals surface area (Å²) in [6.45, 7) is 7.67. The summed E-state index contributed by atoms with van der Waals surface area (Å²) >= 11 is 0. The monoisotopic (exact) mass is 243 g/mol. The summed E-state index contributed by atoms with van der Waals surface area (Å²) in [5.74, 6) is 0. The Morgan fingerprint density at radius 3 is 2.41 bits per heavy atom. The van der Waals surface area contributed by atoms with E-state index < -0.39 is 0 Å². The van der Waals surface area contributed by atoms with Gasteiger partial charge >= 0.3 is 0 Å². The van der Waals surface area contributed by atoms with E-state index in [1.54, 1.807) is 0 Å². The lowest BCUT2D eigenvalue weighted by Gasteiger charge is -2.29. The van der Waals surface area contributed by atoms with E-state index in [0.29, 0.717) is 19.3 Å². The highest BCUT2D eigenvalue weighted by atomic mass is 16.5. The number of hydrogen-bond donors (Lipinski definition) is 2. The molecular formula is C14H29NO2. The van der Waals surface area contributed by atoms with Crippen molar-refractivity contribution in [1.29, 1.82) is 0 Å². The molecule has 0 heterocycles. The molecule has 0 bridgehead atoms. The molecule has 1 aliphatic rings. The molecule has 17 heavy (non-hydrogen) atoms. The first kappa shape index (κ1) is 14.9. The summed E-state index contributed by atoms with van der Waals surface area (Å²) in [6.07, 6.45) is 7.08. The van der Waals surface area contributed by atoms with Crippen molar-refractivity contribution in [3.63, 3.8) is 0 Å². The van der Waals surface area contributed by atoms with Gasteiger partial charge in [0.15, 0.2) is 0 Å². The van der Waals surface area contributed by atoms with Gasteiger partial charge in [0.05, 0.1) is 18.8 Å². The smallest absolute Gasteiger partial charge is 0.0898 e. The maximum absolute atomic E-state index is 9.88. The van der Waals surface area contributed by atoms with Crippen LogP contribution in [-0.4, -0.2) is 36.0 Å². The molecule has 0 aromatic rings. The van der Waals surface area contributed by atoms with E-state index in [-0.39, 0.29) is 11.6 Å². The molecule has 3 heteroatoms. The zero-order chi connectivity index (χ0) is 12.7. The van der Waals surface area contributed by atoms with Crippen LogP contribution in [0.1, 0.15) is 59.3 Å². The Morgan fingerprint density at radius 2 is 1.88 bits per heavy atom. The van der Waals surface area contributed by atoms with Gasteiger partial charge in [-0.1, -0.05) is 26.7 Å². The molecule has 0 aliphatic heterocycles. The van der Waals surface area contributed by atoms with Gasteiger partial charge in [-0.2, -0.15) is 0 Å². The van der Waals surface area contributed by atoms with Gasteiger partial charge < -0.3 is 15.2 Å². The van der Waals surface area contributed by atoms with E-state index in [1.165, 1.54) is 25.7 Å². The van der Waals surface area contributed by atoms with Gasteiger partial charge in [-0.25, -0.2) is 0 Å². The highest BCUT2D eigenvalue weighted by molar-refractivity contribution is 4.81. The molecule has 102 valence electrons. The topological polar surface area (TPSA) is 41.5 Å². The molecule has 1 unspecified atom stereocenters. The van der Waals surface area contributed by atoms with Crippen LogP contribution in [0.5, 0.6) is 0 Å². The maximum Gasteiger partial charge on any atom is 0.0898 e. The lowest BCUT2D eigenvalue weighted by molar-refractivity contribution is -0.00790. The highest BCUT2D eigenvalue weighted by Gasteiger charge is 2.21. The molecule has 1 rings (SSSR count). The summed E-state index contributed by atoms with van der Waals surface area (Å²) in [4.78, 5) is 0. The minimum atomic E-state index is -0.381. The van der Waals surface area contributed by atoms with Gasteiger partial charge in [-0.15, -0.1) is 0 Å². The van der Waals surface area contributed by atoms with E-state index in [1.807, 2.05) is 0 Å². The Bertz CT molecular complexity index is 198. The standard InChI is InChI=1S/C14H29NO2/c1-4-14(3,5-2)15-10-12(16)11-17-13-8-6-7-9-13/h12-13,15-16H,4-11H2,1-3H3. The van der Waals surface area contributed by atoms with Crippen molar-refractivity contribution in [2.75, 3.05) is 13.2 Å². The zero-order valence-corrected chi connectivity index (χ0v) is 11.7. The van der Waals surface area contributed by atoms with Gasteiger partial charge in [0.1, 0.15) is 0 Å². The molecule has 0 aromatic carbocycles. The van der Waals surface area contributed by atoms with E-state index in [0.717, 1.165) is 12.8 Å². The number of hydrogen-bond acceptors (Lipinski definition) is 3. The van der Waals surface area contributed by atoms with Crippen molar-refractivity contribution in [2.24, 2.45) is 0 Å². The molecule has 0 amide bonds. The number of ether oxygens (including phenoxy) is 1. The Kier molecular flexibility index (Phi) is 6.45. The van der Waals surface area contributed by atoms with Crippen LogP contribution in [0.3, 0.4) is 0 Å². The summed E-state index contributed by atoms with van der Waals surface area (Å²) in [6, 6.07) is 0. The first-order valence-electron chi connectivity index (χ1n) is 7.14. The second-order valence-electron chi connectivity index (χ2n) is 5.54. The number of β-amino-alcohol motifs (C(OH)–C–C–N with tert-alkyl or cyclic N) is 1. The van der Waals surface area contributed by atoms with Crippen molar-refractivity contribution >= 4 is 0 Å². The predicted octanol–water partition coefficient (Wildman–Crippen LogP) is 2.47. The van der Waals surface area contributed by atoms with Crippen LogP contribution in [0.25, 0.3) is 0 Å². The SMILES string of the molecule is CCC(C)(CC)NCC(O)COC1CCCC1. The second-order valence-corrected chi connectivity index (χ2v) is 5.54.